The topological polar surface area (TPSA) is 24.7 Å². The molecule has 0 bridgehead atoms. The van der Waals surface area contributed by atoms with Gasteiger partial charge in [-0.2, -0.15) is 0 Å². The number of hydrogen-bond acceptors (Lipinski definition) is 1. The average molecular weight is 152 g/mol. The Balaban J connectivity index is 4.04. The van der Waals surface area contributed by atoms with Crippen LogP contribution in [0.4, 0.5) is 0 Å². The van der Waals surface area contributed by atoms with Gasteiger partial charge >= 0.3 is 0 Å². The van der Waals surface area contributed by atoms with E-state index in [1.165, 1.54) is 0 Å². The van der Waals surface area contributed by atoms with Crippen molar-refractivity contribution in [2.75, 3.05) is 7.05 Å². The predicted octanol–water partition coefficient (Wildman–Crippen LogP) is 2.32. The van der Waals surface area contributed by atoms with Crippen molar-refractivity contribution < 1.29 is 0 Å². The predicted molar refractivity (Wildman–Crippen MR) is 51.5 cm³/mol. The lowest BCUT2D eigenvalue weighted by Crippen LogP contribution is -1.99. The van der Waals surface area contributed by atoms with Gasteiger partial charge in [-0.15, -0.1) is 0 Å². The zero-order chi connectivity index (χ0) is 8.69. The summed E-state index contributed by atoms with van der Waals surface area (Å²) < 4.78 is 0. The van der Waals surface area contributed by atoms with E-state index >= 15 is 0 Å². The zero-order valence-corrected chi connectivity index (χ0v) is 7.54. The van der Waals surface area contributed by atoms with E-state index in [4.69, 9.17) is 0 Å². The van der Waals surface area contributed by atoms with Gasteiger partial charge in [0.25, 0.3) is 0 Å². The van der Waals surface area contributed by atoms with Crippen LogP contribution in [0.25, 0.3) is 0 Å². The molecule has 0 N–H and O–H groups in total. The summed E-state index contributed by atoms with van der Waals surface area (Å²) in [6, 6.07) is 0. The van der Waals surface area contributed by atoms with Gasteiger partial charge in [0.2, 0.25) is 0 Å². The Morgan fingerprint density at radius 3 is 2.55 bits per heavy atom. The van der Waals surface area contributed by atoms with Crippen molar-refractivity contribution in [2.45, 2.75) is 20.3 Å². The molecule has 0 aliphatic rings. The van der Waals surface area contributed by atoms with Crippen molar-refractivity contribution in [1.82, 2.24) is 0 Å². The molecule has 0 amide bonds. The van der Waals surface area contributed by atoms with Crippen LogP contribution < -0.4 is 0 Å². The fraction of sp³-hybridized carbons (Fsp3) is 0.556. The van der Waals surface area contributed by atoms with Crippen molar-refractivity contribution in [3.8, 4) is 0 Å². The Kier molecular flexibility index (Phi) is 5.35. The molecular formula is C9H16N2. The molecule has 0 radical (unpaired) electrons. The lowest BCUT2D eigenvalue weighted by Gasteiger charge is -2.01. The lowest BCUT2D eigenvalue weighted by atomic mass is 10.1. The quantitative estimate of drug-likeness (QED) is 0.436. The summed E-state index contributed by atoms with van der Waals surface area (Å²) in [5.74, 6) is 0.622. The van der Waals surface area contributed by atoms with Crippen molar-refractivity contribution in [3.05, 3.63) is 12.7 Å². The first kappa shape index (κ1) is 10.1. The third-order valence-electron chi connectivity index (χ3n) is 1.19. The molecule has 0 spiro atoms. The second-order valence-electron chi connectivity index (χ2n) is 2.80. The van der Waals surface area contributed by atoms with Crippen LogP contribution in [0.5, 0.6) is 0 Å². The van der Waals surface area contributed by atoms with Crippen LogP contribution in [-0.4, -0.2) is 19.1 Å². The average Bonchev–Trinajstić information content (AvgIpc) is 1.97. The molecule has 0 aliphatic carbocycles. The molecular weight excluding hydrogens is 136 g/mol. The molecule has 62 valence electrons. The fourth-order valence-electron chi connectivity index (χ4n) is 0.739. The maximum Gasteiger partial charge on any atom is 0.109 e. The number of allylic oxidation sites excluding steroid dienone is 1. The van der Waals surface area contributed by atoms with Gasteiger partial charge in [0.05, 0.1) is 0 Å². The molecule has 0 aromatic rings. The van der Waals surface area contributed by atoms with Gasteiger partial charge in [0.1, 0.15) is 6.34 Å². The van der Waals surface area contributed by atoms with E-state index in [-0.39, 0.29) is 0 Å². The highest BCUT2D eigenvalue weighted by Crippen LogP contribution is 2.01. The summed E-state index contributed by atoms with van der Waals surface area (Å²) in [5, 5.41) is 0. The van der Waals surface area contributed by atoms with E-state index in [1.54, 1.807) is 19.5 Å². The number of rotatable bonds is 4. The second-order valence-corrected chi connectivity index (χ2v) is 2.80. The van der Waals surface area contributed by atoms with Crippen LogP contribution in [0.1, 0.15) is 20.3 Å². The Morgan fingerprint density at radius 2 is 2.18 bits per heavy atom. The Labute approximate surface area is 68.8 Å². The fourth-order valence-corrected chi connectivity index (χ4v) is 0.739. The standard InChI is InChI=1S/C9H16N2/c1-5-9(6-8(2)3)11-7-10-4/h5,7-8H,1,6H2,2-4H3/b10-7-,11-9+. The maximum absolute atomic E-state index is 4.11. The van der Waals surface area contributed by atoms with Gasteiger partial charge in [-0.1, -0.05) is 20.4 Å². The van der Waals surface area contributed by atoms with Gasteiger partial charge in [-0.25, -0.2) is 4.99 Å². The summed E-state index contributed by atoms with van der Waals surface area (Å²) in [4.78, 5) is 7.88. The van der Waals surface area contributed by atoms with Crippen LogP contribution in [-0.2, 0) is 0 Å². The molecule has 0 unspecified atom stereocenters. The van der Waals surface area contributed by atoms with E-state index in [0.717, 1.165) is 12.1 Å². The second kappa shape index (κ2) is 5.83. The highest BCUT2D eigenvalue weighted by molar-refractivity contribution is 5.98. The SMILES string of the molecule is C=C/C(CC(C)C)=N\C=N/C. The van der Waals surface area contributed by atoms with Crippen LogP contribution in [0.3, 0.4) is 0 Å². The first-order valence-electron chi connectivity index (χ1n) is 3.80. The zero-order valence-electron chi connectivity index (χ0n) is 7.54. The molecule has 0 aromatic carbocycles. The minimum absolute atomic E-state index is 0.622. The van der Waals surface area contributed by atoms with E-state index in [2.05, 4.69) is 30.4 Å². The summed E-state index contributed by atoms with van der Waals surface area (Å²) in [6.07, 6.45) is 4.30. The normalized spacial score (nSPS) is 12.9. The van der Waals surface area contributed by atoms with Crippen LogP contribution in [0.2, 0.25) is 0 Å². The van der Waals surface area contributed by atoms with E-state index in [1.807, 2.05) is 0 Å². The van der Waals surface area contributed by atoms with E-state index in [0.29, 0.717) is 5.92 Å². The molecule has 0 atom stereocenters. The smallest absolute Gasteiger partial charge is 0.109 e. The van der Waals surface area contributed by atoms with Gasteiger partial charge in [0, 0.05) is 12.8 Å². The number of hydrogen-bond donors (Lipinski definition) is 0. The molecule has 2 nitrogen and oxygen atoms in total. The van der Waals surface area contributed by atoms with Gasteiger partial charge in [-0.3, -0.25) is 4.99 Å². The van der Waals surface area contributed by atoms with E-state index < -0.39 is 0 Å². The highest BCUT2D eigenvalue weighted by Gasteiger charge is 1.96. The lowest BCUT2D eigenvalue weighted by molar-refractivity contribution is 0.686. The molecule has 2 heteroatoms. The Bertz CT molecular complexity index is 166. The summed E-state index contributed by atoms with van der Waals surface area (Å²) in [7, 11) is 1.71. The molecule has 0 heterocycles. The largest absolute Gasteiger partial charge is 0.277 e. The monoisotopic (exact) mass is 152 g/mol. The third kappa shape index (κ3) is 5.52. The van der Waals surface area contributed by atoms with Crippen molar-refractivity contribution in [1.29, 1.82) is 0 Å². The Morgan fingerprint density at radius 1 is 1.55 bits per heavy atom. The number of nitrogens with zero attached hydrogens (tertiary/aromatic N) is 2. The van der Waals surface area contributed by atoms with Crippen LogP contribution in [0, 0.1) is 5.92 Å². The van der Waals surface area contributed by atoms with Crippen molar-refractivity contribution in [3.63, 3.8) is 0 Å². The van der Waals surface area contributed by atoms with Crippen molar-refractivity contribution in [2.24, 2.45) is 15.9 Å². The maximum atomic E-state index is 4.11. The van der Waals surface area contributed by atoms with Gasteiger partial charge in [0.15, 0.2) is 0 Å². The van der Waals surface area contributed by atoms with Gasteiger partial charge < -0.3 is 0 Å². The molecule has 0 aromatic heterocycles. The highest BCUT2D eigenvalue weighted by atomic mass is 14.8. The minimum atomic E-state index is 0.622. The molecule has 0 fully saturated rings. The van der Waals surface area contributed by atoms with Crippen molar-refractivity contribution >= 4 is 12.1 Å². The summed E-state index contributed by atoms with van der Waals surface area (Å²) in [6.45, 7) is 7.98. The summed E-state index contributed by atoms with van der Waals surface area (Å²) in [5.41, 5.74) is 1.01. The van der Waals surface area contributed by atoms with Crippen LogP contribution >= 0.6 is 0 Å². The molecule has 0 rings (SSSR count). The molecule has 11 heavy (non-hydrogen) atoms. The van der Waals surface area contributed by atoms with Crippen LogP contribution in [0.15, 0.2) is 22.6 Å². The molecule has 0 aliphatic heterocycles. The third-order valence-corrected chi connectivity index (χ3v) is 1.19. The minimum Gasteiger partial charge on any atom is -0.277 e. The molecule has 0 saturated heterocycles. The first-order chi connectivity index (χ1) is 5.20. The summed E-state index contributed by atoms with van der Waals surface area (Å²) >= 11 is 0. The van der Waals surface area contributed by atoms with Gasteiger partial charge in [-0.05, 0) is 18.4 Å². The number of aliphatic imine (C=N–C) groups is 2. The first-order valence-corrected chi connectivity index (χ1v) is 3.80. The Hall–Kier alpha value is -0.920. The van der Waals surface area contributed by atoms with E-state index in [9.17, 15) is 0 Å². The molecule has 0 saturated carbocycles.